The van der Waals surface area contributed by atoms with Crippen LogP contribution in [0, 0.1) is 17.0 Å². The van der Waals surface area contributed by atoms with Crippen LogP contribution < -0.4 is 4.52 Å². The number of nitro benzene ring substituents is 1. The first-order chi connectivity index (χ1) is 9.95. The van der Waals surface area contributed by atoms with Gasteiger partial charge in [-0.2, -0.15) is 0 Å². The molecule has 0 amide bonds. The Morgan fingerprint density at radius 2 is 2.00 bits per heavy atom. The maximum Gasteiger partial charge on any atom is 0.270 e. The number of aryl methyl sites for hydroxylation is 1. The molecule has 1 atom stereocenters. The number of rotatable bonds is 4. The van der Waals surface area contributed by atoms with Gasteiger partial charge in [-0.25, -0.2) is 0 Å². The molecule has 0 spiro atoms. The van der Waals surface area contributed by atoms with E-state index in [4.69, 9.17) is 4.52 Å². The summed E-state index contributed by atoms with van der Waals surface area (Å²) in [6, 6.07) is 9.80. The van der Waals surface area contributed by atoms with E-state index in [1.807, 2.05) is 19.1 Å². The third kappa shape index (κ3) is 2.93. The summed E-state index contributed by atoms with van der Waals surface area (Å²) in [7, 11) is 2.17. The van der Waals surface area contributed by atoms with Crippen molar-refractivity contribution in [1.82, 2.24) is 0 Å². The van der Waals surface area contributed by atoms with E-state index >= 15 is 0 Å². The molecule has 21 heavy (non-hydrogen) atoms. The van der Waals surface area contributed by atoms with Crippen molar-refractivity contribution >= 4 is 20.9 Å². The highest BCUT2D eigenvalue weighted by molar-refractivity contribution is 7.10. The predicted octanol–water partition coefficient (Wildman–Crippen LogP) is 3.94. The van der Waals surface area contributed by atoms with Gasteiger partial charge in [-0.3, -0.25) is 14.9 Å². The van der Waals surface area contributed by atoms with E-state index in [0.717, 1.165) is 11.1 Å². The Morgan fingerprint density at radius 3 is 2.57 bits per heavy atom. The van der Waals surface area contributed by atoms with Crippen LogP contribution in [0.25, 0.3) is 11.1 Å². The largest absolute Gasteiger partial charge is 0.480 e. The van der Waals surface area contributed by atoms with Crippen molar-refractivity contribution in [3.63, 3.8) is 0 Å². The third-order valence-electron chi connectivity index (χ3n) is 3.22. The molecule has 0 aliphatic rings. The average Bonchev–Trinajstić information content (AvgIpc) is 2.46. The number of carbonyl (C=O) groups is 1. The second-order valence-corrected chi connectivity index (χ2v) is 4.84. The Kier molecular flexibility index (Phi) is 4.34. The summed E-state index contributed by atoms with van der Waals surface area (Å²) in [5, 5.41) is 10.9. The fourth-order valence-corrected chi connectivity index (χ4v) is 2.44. The first-order valence-electron chi connectivity index (χ1n) is 6.21. The summed E-state index contributed by atoms with van der Waals surface area (Å²) in [6.45, 7) is 3.29. The molecule has 0 fully saturated rings. The summed E-state index contributed by atoms with van der Waals surface area (Å²) >= 11 is 0. The minimum Gasteiger partial charge on any atom is -0.480 e. The highest BCUT2D eigenvalue weighted by atomic mass is 31.0. The maximum absolute atomic E-state index is 11.9. The minimum absolute atomic E-state index is 0.106. The molecule has 0 radical (unpaired) electrons. The molecule has 1 unspecified atom stereocenters. The molecule has 0 aliphatic carbocycles. The molecular weight excluding hydrogens is 289 g/mol. The van der Waals surface area contributed by atoms with Gasteiger partial charge in [0, 0.05) is 23.3 Å². The number of carbonyl (C=O) groups excluding carboxylic acids is 1. The number of nitro groups is 1. The van der Waals surface area contributed by atoms with E-state index < -0.39 is 4.92 Å². The highest BCUT2D eigenvalue weighted by Crippen LogP contribution is 2.37. The smallest absolute Gasteiger partial charge is 0.270 e. The number of benzene rings is 2. The van der Waals surface area contributed by atoms with Gasteiger partial charge >= 0.3 is 0 Å². The molecule has 6 heteroatoms. The first kappa shape index (κ1) is 15.1. The molecule has 0 heterocycles. The predicted molar refractivity (Wildman–Crippen MR) is 83.6 cm³/mol. The zero-order valence-electron chi connectivity index (χ0n) is 11.6. The van der Waals surface area contributed by atoms with Crippen molar-refractivity contribution < 1.29 is 14.2 Å². The summed E-state index contributed by atoms with van der Waals surface area (Å²) in [6.07, 6.45) is 0. The Morgan fingerprint density at radius 1 is 1.29 bits per heavy atom. The Bertz CT molecular complexity index is 728. The molecule has 0 aliphatic heterocycles. The van der Waals surface area contributed by atoms with Crippen molar-refractivity contribution in [3.05, 3.63) is 57.6 Å². The third-order valence-corrected chi connectivity index (χ3v) is 3.48. The quantitative estimate of drug-likeness (QED) is 0.371. The van der Waals surface area contributed by atoms with Gasteiger partial charge in [0.25, 0.3) is 5.69 Å². The van der Waals surface area contributed by atoms with Crippen LogP contribution in [0.15, 0.2) is 36.4 Å². The van der Waals surface area contributed by atoms with Crippen LogP contribution in [-0.4, -0.2) is 10.7 Å². The van der Waals surface area contributed by atoms with Gasteiger partial charge in [0.15, 0.2) is 5.78 Å². The summed E-state index contributed by atoms with van der Waals surface area (Å²) < 4.78 is 5.26. The summed E-state index contributed by atoms with van der Waals surface area (Å²) in [5.41, 5.74) is 2.51. The molecular formula is C15H14NO4P. The van der Waals surface area contributed by atoms with E-state index in [-0.39, 0.29) is 11.5 Å². The molecule has 0 saturated heterocycles. The lowest BCUT2D eigenvalue weighted by molar-refractivity contribution is -0.384. The standard InChI is InChI=1S/C15H14NO4P/c1-9-4-3-5-14(20-21)15(9)12-7-6-11(16(18)19)8-13(12)10(2)17/h3-8H,21H2,1-2H3. The van der Waals surface area contributed by atoms with Crippen LogP contribution in [0.4, 0.5) is 5.69 Å². The SMILES string of the molecule is CC(=O)c1cc([N+](=O)[O-])ccc1-c1c(C)cccc1OP. The van der Waals surface area contributed by atoms with E-state index in [1.165, 1.54) is 19.1 Å². The number of hydrogen-bond acceptors (Lipinski definition) is 4. The molecule has 0 N–H and O–H groups in total. The fourth-order valence-electron chi connectivity index (χ4n) is 2.24. The highest BCUT2D eigenvalue weighted by Gasteiger charge is 2.18. The van der Waals surface area contributed by atoms with Crippen LogP contribution in [-0.2, 0) is 0 Å². The zero-order valence-corrected chi connectivity index (χ0v) is 12.8. The maximum atomic E-state index is 11.9. The number of hydrogen-bond donors (Lipinski definition) is 0. The lowest BCUT2D eigenvalue weighted by atomic mass is 9.93. The molecule has 0 bridgehead atoms. The molecule has 2 rings (SSSR count). The van der Waals surface area contributed by atoms with E-state index in [1.54, 1.807) is 12.1 Å². The normalized spacial score (nSPS) is 10.2. The van der Waals surface area contributed by atoms with Gasteiger partial charge in [0.05, 0.1) is 14.4 Å². The lowest BCUT2D eigenvalue weighted by Crippen LogP contribution is -2.00. The van der Waals surface area contributed by atoms with Crippen molar-refractivity contribution in [1.29, 1.82) is 0 Å². The van der Waals surface area contributed by atoms with Crippen LogP contribution in [0.2, 0.25) is 0 Å². The van der Waals surface area contributed by atoms with Crippen LogP contribution in [0.1, 0.15) is 22.8 Å². The van der Waals surface area contributed by atoms with Gasteiger partial charge < -0.3 is 4.52 Å². The minimum atomic E-state index is -0.513. The van der Waals surface area contributed by atoms with Crippen LogP contribution in [0.3, 0.4) is 0 Å². The fraction of sp³-hybridized carbons (Fsp3) is 0.133. The first-order valence-corrected chi connectivity index (χ1v) is 6.69. The summed E-state index contributed by atoms with van der Waals surface area (Å²) in [4.78, 5) is 22.2. The van der Waals surface area contributed by atoms with E-state index in [9.17, 15) is 14.9 Å². The average molecular weight is 303 g/mol. The zero-order chi connectivity index (χ0) is 15.6. The number of non-ortho nitro benzene ring substituents is 1. The van der Waals surface area contributed by atoms with Crippen LogP contribution >= 0.6 is 9.47 Å². The topological polar surface area (TPSA) is 69.4 Å². The van der Waals surface area contributed by atoms with Gasteiger partial charge in [0.1, 0.15) is 5.75 Å². The molecule has 2 aromatic rings. The second kappa shape index (κ2) is 6.02. The molecule has 0 aromatic heterocycles. The molecule has 2 aromatic carbocycles. The Balaban J connectivity index is 2.75. The Hall–Kier alpha value is -2.26. The lowest BCUT2D eigenvalue weighted by Gasteiger charge is -2.14. The number of ketones is 1. The van der Waals surface area contributed by atoms with Crippen molar-refractivity contribution in [2.45, 2.75) is 13.8 Å². The number of Topliss-reactive ketones (excluding diaryl/α,β-unsaturated/α-hetero) is 1. The number of nitrogens with zero attached hydrogens (tertiary/aromatic N) is 1. The molecule has 5 nitrogen and oxygen atoms in total. The van der Waals surface area contributed by atoms with Gasteiger partial charge in [0.2, 0.25) is 0 Å². The van der Waals surface area contributed by atoms with Crippen LogP contribution in [0.5, 0.6) is 5.75 Å². The van der Waals surface area contributed by atoms with E-state index in [0.29, 0.717) is 16.9 Å². The summed E-state index contributed by atoms with van der Waals surface area (Å²) in [5.74, 6) is 0.364. The van der Waals surface area contributed by atoms with Crippen molar-refractivity contribution in [2.75, 3.05) is 0 Å². The van der Waals surface area contributed by atoms with Crippen molar-refractivity contribution in [2.24, 2.45) is 0 Å². The van der Waals surface area contributed by atoms with Gasteiger partial charge in [-0.15, -0.1) is 0 Å². The van der Waals surface area contributed by atoms with Gasteiger partial charge in [-0.1, -0.05) is 12.1 Å². The van der Waals surface area contributed by atoms with E-state index in [2.05, 4.69) is 9.47 Å². The second-order valence-electron chi connectivity index (χ2n) is 4.61. The van der Waals surface area contributed by atoms with Crippen molar-refractivity contribution in [3.8, 4) is 16.9 Å². The van der Waals surface area contributed by atoms with Gasteiger partial charge in [-0.05, 0) is 37.1 Å². The molecule has 0 saturated carbocycles. The Labute approximate surface area is 124 Å². The monoisotopic (exact) mass is 303 g/mol. The molecule has 108 valence electrons.